The lowest BCUT2D eigenvalue weighted by molar-refractivity contribution is 0.0953. The van der Waals surface area contributed by atoms with Gasteiger partial charge in [-0.25, -0.2) is 5.84 Å². The Hall–Kier alpha value is -1.32. The van der Waals surface area contributed by atoms with Gasteiger partial charge < -0.3 is 9.47 Å². The van der Waals surface area contributed by atoms with Crippen molar-refractivity contribution in [1.82, 2.24) is 5.43 Å². The summed E-state index contributed by atoms with van der Waals surface area (Å²) in [5, 5.41) is 0. The van der Waals surface area contributed by atoms with Gasteiger partial charge in [-0.05, 0) is 52.4 Å². The maximum atomic E-state index is 11.6. The summed E-state index contributed by atoms with van der Waals surface area (Å²) in [6.45, 7) is 0.405. The van der Waals surface area contributed by atoms with Gasteiger partial charge in [0.25, 0.3) is 5.91 Å². The number of nitrogens with one attached hydrogen (secondary N) is 1. The molecule has 0 radical (unpaired) electrons. The van der Waals surface area contributed by atoms with E-state index in [0.29, 0.717) is 23.7 Å². The number of benzene rings is 2. The smallest absolute Gasteiger partial charge is 0.265 e. The lowest BCUT2D eigenvalue weighted by atomic mass is 10.2. The Labute approximate surface area is 150 Å². The fourth-order valence-electron chi connectivity index (χ4n) is 1.81. The third kappa shape index (κ3) is 4.11. The lowest BCUT2D eigenvalue weighted by Crippen LogP contribution is -2.30. The van der Waals surface area contributed by atoms with Crippen molar-refractivity contribution in [3.8, 4) is 11.5 Å². The maximum absolute atomic E-state index is 11.6. The molecule has 0 unspecified atom stereocenters. The van der Waals surface area contributed by atoms with Crippen LogP contribution in [0.4, 0.5) is 0 Å². The van der Waals surface area contributed by atoms with E-state index in [2.05, 4.69) is 43.9 Å². The van der Waals surface area contributed by atoms with Crippen LogP contribution >= 0.6 is 38.5 Å². The number of carbonyl (C=O) groups is 1. The molecule has 0 saturated carbocycles. The van der Waals surface area contributed by atoms with E-state index in [0.717, 1.165) is 13.6 Å². The van der Waals surface area contributed by atoms with Crippen LogP contribution in [0, 0.1) is 3.57 Å². The van der Waals surface area contributed by atoms with Gasteiger partial charge in [-0.1, -0.05) is 28.1 Å². The largest absolute Gasteiger partial charge is 0.493 e. The van der Waals surface area contributed by atoms with E-state index >= 15 is 0 Å². The van der Waals surface area contributed by atoms with Crippen LogP contribution in [-0.2, 0) is 6.61 Å². The standard InChI is InChI=1S/C15H14BrIN2O3/c1-21-13-7-10(15(20)19-18)6-12(17)14(13)22-8-9-2-4-11(16)5-3-9/h2-7H,8,18H2,1H3,(H,19,20). The molecule has 0 aliphatic carbocycles. The van der Waals surface area contributed by atoms with Crippen LogP contribution < -0.4 is 20.7 Å². The summed E-state index contributed by atoms with van der Waals surface area (Å²) in [7, 11) is 1.53. The molecule has 7 heteroatoms. The molecule has 22 heavy (non-hydrogen) atoms. The number of nitrogen functional groups attached to an aromatic ring is 1. The monoisotopic (exact) mass is 476 g/mol. The summed E-state index contributed by atoms with van der Waals surface area (Å²) in [6.07, 6.45) is 0. The van der Waals surface area contributed by atoms with E-state index in [1.807, 2.05) is 24.3 Å². The fraction of sp³-hybridized carbons (Fsp3) is 0.133. The molecule has 2 rings (SSSR count). The van der Waals surface area contributed by atoms with E-state index in [9.17, 15) is 4.79 Å². The number of methoxy groups -OCH3 is 1. The molecule has 5 nitrogen and oxygen atoms in total. The van der Waals surface area contributed by atoms with Gasteiger partial charge in [-0.15, -0.1) is 0 Å². The summed E-state index contributed by atoms with van der Waals surface area (Å²) < 4.78 is 12.9. The third-order valence-corrected chi connectivity index (χ3v) is 4.25. The van der Waals surface area contributed by atoms with Crippen LogP contribution in [0.2, 0.25) is 0 Å². The predicted octanol–water partition coefficient (Wildman–Crippen LogP) is 3.24. The molecule has 0 bridgehead atoms. The number of nitrogens with two attached hydrogens (primary N) is 1. The second-order valence-electron chi connectivity index (χ2n) is 4.38. The van der Waals surface area contributed by atoms with Crippen LogP contribution in [-0.4, -0.2) is 13.0 Å². The van der Waals surface area contributed by atoms with Crippen molar-refractivity contribution in [2.24, 2.45) is 5.84 Å². The lowest BCUT2D eigenvalue weighted by Gasteiger charge is -2.14. The number of hydrazine groups is 1. The highest BCUT2D eigenvalue weighted by Gasteiger charge is 2.15. The normalized spacial score (nSPS) is 10.2. The number of halogens is 2. The van der Waals surface area contributed by atoms with Gasteiger partial charge in [-0.3, -0.25) is 10.2 Å². The number of ether oxygens (including phenoxy) is 2. The third-order valence-electron chi connectivity index (χ3n) is 2.92. The van der Waals surface area contributed by atoms with E-state index in [-0.39, 0.29) is 5.91 Å². The Morgan fingerprint density at radius 2 is 2.00 bits per heavy atom. The first-order chi connectivity index (χ1) is 10.5. The molecule has 1 amide bonds. The zero-order chi connectivity index (χ0) is 16.1. The zero-order valence-electron chi connectivity index (χ0n) is 11.7. The number of carbonyl (C=O) groups excluding carboxylic acids is 1. The van der Waals surface area contributed by atoms with E-state index in [1.165, 1.54) is 7.11 Å². The van der Waals surface area contributed by atoms with E-state index < -0.39 is 0 Å². The minimum Gasteiger partial charge on any atom is -0.493 e. The van der Waals surface area contributed by atoms with Crippen molar-refractivity contribution in [3.05, 3.63) is 55.6 Å². The number of rotatable bonds is 5. The van der Waals surface area contributed by atoms with Crippen molar-refractivity contribution in [2.45, 2.75) is 6.61 Å². The van der Waals surface area contributed by atoms with Crippen LogP contribution in [0.1, 0.15) is 15.9 Å². The molecule has 116 valence electrons. The fourth-order valence-corrected chi connectivity index (χ4v) is 2.83. The minimum absolute atomic E-state index is 0.379. The summed E-state index contributed by atoms with van der Waals surface area (Å²) in [5.74, 6) is 5.86. The second kappa shape index (κ2) is 7.80. The van der Waals surface area contributed by atoms with Crippen molar-refractivity contribution >= 4 is 44.4 Å². The van der Waals surface area contributed by atoms with E-state index in [4.69, 9.17) is 15.3 Å². The van der Waals surface area contributed by atoms with Crippen molar-refractivity contribution < 1.29 is 14.3 Å². The predicted molar refractivity (Wildman–Crippen MR) is 95.8 cm³/mol. The summed E-state index contributed by atoms with van der Waals surface area (Å²) in [4.78, 5) is 11.6. The molecule has 0 aromatic heterocycles. The molecule has 0 aliphatic heterocycles. The van der Waals surface area contributed by atoms with Gasteiger partial charge in [-0.2, -0.15) is 0 Å². The highest BCUT2D eigenvalue weighted by atomic mass is 127. The highest BCUT2D eigenvalue weighted by molar-refractivity contribution is 14.1. The zero-order valence-corrected chi connectivity index (χ0v) is 15.5. The molecule has 0 aliphatic rings. The van der Waals surface area contributed by atoms with Gasteiger partial charge in [0.15, 0.2) is 11.5 Å². The molecule has 2 aromatic rings. The molecule has 0 saturated heterocycles. The Bertz CT molecular complexity index is 677. The molecular formula is C15H14BrIN2O3. The van der Waals surface area contributed by atoms with Gasteiger partial charge in [0.1, 0.15) is 6.61 Å². The SMILES string of the molecule is COc1cc(C(=O)NN)cc(I)c1OCc1ccc(Br)cc1. The number of hydrogen-bond donors (Lipinski definition) is 2. The Kier molecular flexibility index (Phi) is 6.04. The van der Waals surface area contributed by atoms with Crippen molar-refractivity contribution in [1.29, 1.82) is 0 Å². The average Bonchev–Trinajstić information content (AvgIpc) is 2.53. The number of hydrogen-bond acceptors (Lipinski definition) is 4. The molecule has 3 N–H and O–H groups in total. The molecular weight excluding hydrogens is 463 g/mol. The van der Waals surface area contributed by atoms with E-state index in [1.54, 1.807) is 12.1 Å². The first-order valence-electron chi connectivity index (χ1n) is 6.31. The quantitative estimate of drug-likeness (QED) is 0.300. The minimum atomic E-state index is -0.379. The van der Waals surface area contributed by atoms with Gasteiger partial charge in [0.05, 0.1) is 10.7 Å². The molecule has 0 spiro atoms. The molecule has 0 fully saturated rings. The second-order valence-corrected chi connectivity index (χ2v) is 6.46. The molecule has 0 heterocycles. The van der Waals surface area contributed by atoms with Crippen LogP contribution in [0.25, 0.3) is 0 Å². The summed E-state index contributed by atoms with van der Waals surface area (Å²) in [6, 6.07) is 11.1. The van der Waals surface area contributed by atoms with Gasteiger partial charge in [0.2, 0.25) is 0 Å². The van der Waals surface area contributed by atoms with Gasteiger partial charge in [0, 0.05) is 10.0 Å². The van der Waals surface area contributed by atoms with Gasteiger partial charge >= 0.3 is 0 Å². The molecule has 0 atom stereocenters. The van der Waals surface area contributed by atoms with Crippen LogP contribution in [0.15, 0.2) is 40.9 Å². The maximum Gasteiger partial charge on any atom is 0.265 e. The van der Waals surface area contributed by atoms with Crippen molar-refractivity contribution in [2.75, 3.05) is 7.11 Å². The summed E-state index contributed by atoms with van der Waals surface area (Å²) >= 11 is 5.49. The van der Waals surface area contributed by atoms with Crippen molar-refractivity contribution in [3.63, 3.8) is 0 Å². The van der Waals surface area contributed by atoms with Crippen LogP contribution in [0.5, 0.6) is 11.5 Å². The number of amides is 1. The van der Waals surface area contributed by atoms with Crippen LogP contribution in [0.3, 0.4) is 0 Å². The molecule has 2 aromatic carbocycles. The summed E-state index contributed by atoms with van der Waals surface area (Å²) in [5.41, 5.74) is 3.55. The Balaban J connectivity index is 2.23. The first kappa shape index (κ1) is 17.0. The Morgan fingerprint density at radius 1 is 1.32 bits per heavy atom. The highest BCUT2D eigenvalue weighted by Crippen LogP contribution is 2.34. The first-order valence-corrected chi connectivity index (χ1v) is 8.18. The topological polar surface area (TPSA) is 73.6 Å². The Morgan fingerprint density at radius 3 is 2.59 bits per heavy atom. The average molecular weight is 477 g/mol.